The maximum atomic E-state index is 11.3. The zero-order valence-corrected chi connectivity index (χ0v) is 11.7. The fourth-order valence-electron chi connectivity index (χ4n) is 1.57. The molecule has 2 aromatic carbocycles. The molecule has 0 aliphatic rings. The topological polar surface area (TPSA) is 66.4 Å². The molecule has 0 fully saturated rings. The first-order chi connectivity index (χ1) is 9.60. The molecular formula is C14H10ClNO3S. The summed E-state index contributed by atoms with van der Waals surface area (Å²) in [5.41, 5.74) is 0.578. The van der Waals surface area contributed by atoms with Gasteiger partial charge >= 0.3 is 5.97 Å². The van der Waals surface area contributed by atoms with Crippen LogP contribution in [0.2, 0.25) is 5.02 Å². The smallest absolute Gasteiger partial charge is 0.336 e. The summed E-state index contributed by atoms with van der Waals surface area (Å²) in [6.45, 7) is 0. The summed E-state index contributed by atoms with van der Waals surface area (Å²) in [5.74, 6) is -1.05. The van der Waals surface area contributed by atoms with Crippen molar-refractivity contribution >= 4 is 41.4 Å². The number of rotatable bonds is 5. The van der Waals surface area contributed by atoms with Crippen LogP contribution in [0.1, 0.15) is 10.4 Å². The molecule has 0 atom stereocenters. The van der Waals surface area contributed by atoms with E-state index in [2.05, 4.69) is 5.32 Å². The van der Waals surface area contributed by atoms with Crippen LogP contribution in [-0.4, -0.2) is 17.5 Å². The van der Waals surface area contributed by atoms with Crippen molar-refractivity contribution in [1.29, 1.82) is 0 Å². The highest BCUT2D eigenvalue weighted by molar-refractivity contribution is 7.99. The highest BCUT2D eigenvalue weighted by Gasteiger charge is 2.12. The van der Waals surface area contributed by atoms with Crippen LogP contribution in [0.4, 0.5) is 5.69 Å². The molecule has 0 aliphatic carbocycles. The van der Waals surface area contributed by atoms with Gasteiger partial charge in [-0.25, -0.2) is 4.79 Å². The van der Waals surface area contributed by atoms with Crippen LogP contribution >= 0.6 is 23.4 Å². The Kier molecular flexibility index (Phi) is 4.65. The summed E-state index contributed by atoms with van der Waals surface area (Å²) < 4.78 is 0. The maximum absolute atomic E-state index is 11.3. The van der Waals surface area contributed by atoms with Crippen molar-refractivity contribution in [2.75, 3.05) is 5.32 Å². The molecule has 0 heterocycles. The molecule has 6 heteroatoms. The van der Waals surface area contributed by atoms with Crippen LogP contribution < -0.4 is 5.32 Å². The molecule has 0 aromatic heterocycles. The van der Waals surface area contributed by atoms with E-state index in [9.17, 15) is 14.7 Å². The average Bonchev–Trinajstić information content (AvgIpc) is 2.43. The summed E-state index contributed by atoms with van der Waals surface area (Å²) in [4.78, 5) is 23.1. The SMILES string of the molecule is O=CNc1ccc(Sc2ccc(Cl)cc2)c(C(=O)O)c1. The van der Waals surface area contributed by atoms with Gasteiger partial charge in [0, 0.05) is 20.5 Å². The second-order valence-corrected chi connectivity index (χ2v) is 5.39. The van der Waals surface area contributed by atoms with Crippen molar-refractivity contribution < 1.29 is 14.7 Å². The van der Waals surface area contributed by atoms with Crippen LogP contribution in [0, 0.1) is 0 Å². The van der Waals surface area contributed by atoms with Crippen molar-refractivity contribution in [3.63, 3.8) is 0 Å². The minimum absolute atomic E-state index is 0.136. The Hall–Kier alpha value is -1.98. The number of amides is 1. The summed E-state index contributed by atoms with van der Waals surface area (Å²) in [5, 5.41) is 12.3. The minimum atomic E-state index is -1.05. The minimum Gasteiger partial charge on any atom is -0.478 e. The Morgan fingerprint density at radius 2 is 1.90 bits per heavy atom. The van der Waals surface area contributed by atoms with Crippen LogP contribution in [-0.2, 0) is 4.79 Å². The Morgan fingerprint density at radius 1 is 1.20 bits per heavy atom. The molecule has 0 aliphatic heterocycles. The molecule has 102 valence electrons. The van der Waals surface area contributed by atoms with Gasteiger partial charge < -0.3 is 10.4 Å². The van der Waals surface area contributed by atoms with Gasteiger partial charge in [0.05, 0.1) is 5.56 Å². The number of nitrogens with one attached hydrogen (secondary N) is 1. The van der Waals surface area contributed by atoms with Gasteiger partial charge in [0.25, 0.3) is 0 Å². The van der Waals surface area contributed by atoms with Gasteiger partial charge in [0.1, 0.15) is 0 Å². The number of carbonyl (C=O) groups excluding carboxylic acids is 1. The number of carboxylic acid groups (broad SMARTS) is 1. The van der Waals surface area contributed by atoms with E-state index in [1.165, 1.54) is 17.8 Å². The molecule has 0 spiro atoms. The highest BCUT2D eigenvalue weighted by atomic mass is 35.5. The van der Waals surface area contributed by atoms with Crippen molar-refractivity contribution in [3.05, 3.63) is 53.1 Å². The number of carboxylic acids is 1. The van der Waals surface area contributed by atoms with Gasteiger partial charge in [-0.15, -0.1) is 0 Å². The van der Waals surface area contributed by atoms with Gasteiger partial charge in [0.15, 0.2) is 0 Å². The number of hydrogen-bond acceptors (Lipinski definition) is 3. The van der Waals surface area contributed by atoms with Crippen molar-refractivity contribution in [2.24, 2.45) is 0 Å². The van der Waals surface area contributed by atoms with Crippen molar-refractivity contribution in [2.45, 2.75) is 9.79 Å². The average molecular weight is 308 g/mol. The first-order valence-corrected chi connectivity index (χ1v) is 6.80. The molecular weight excluding hydrogens is 298 g/mol. The summed E-state index contributed by atoms with van der Waals surface area (Å²) in [7, 11) is 0. The lowest BCUT2D eigenvalue weighted by Gasteiger charge is -2.08. The molecule has 1 amide bonds. The fourth-order valence-corrected chi connectivity index (χ4v) is 2.62. The Morgan fingerprint density at radius 3 is 2.50 bits per heavy atom. The standard InChI is InChI=1S/C14H10ClNO3S/c15-9-1-4-11(5-2-9)20-13-6-3-10(16-8-17)7-12(13)14(18)19/h1-8H,(H,16,17)(H,18,19). The largest absolute Gasteiger partial charge is 0.478 e. The molecule has 4 nitrogen and oxygen atoms in total. The van der Waals surface area contributed by atoms with E-state index < -0.39 is 5.97 Å². The molecule has 0 saturated heterocycles. The molecule has 2 rings (SSSR count). The fraction of sp³-hybridized carbons (Fsp3) is 0. The van der Waals surface area contributed by atoms with E-state index in [0.717, 1.165) is 4.90 Å². The predicted octanol–water partition coefficient (Wildman–Crippen LogP) is 3.76. The van der Waals surface area contributed by atoms with Crippen LogP contribution in [0.5, 0.6) is 0 Å². The predicted molar refractivity (Wildman–Crippen MR) is 78.7 cm³/mol. The molecule has 0 bridgehead atoms. The third-order valence-electron chi connectivity index (χ3n) is 2.48. The lowest BCUT2D eigenvalue weighted by atomic mass is 10.2. The molecule has 2 aromatic rings. The van der Waals surface area contributed by atoms with Gasteiger partial charge in [0.2, 0.25) is 6.41 Å². The van der Waals surface area contributed by atoms with E-state index in [-0.39, 0.29) is 5.56 Å². The number of halogens is 1. The van der Waals surface area contributed by atoms with Crippen LogP contribution in [0.15, 0.2) is 52.3 Å². The van der Waals surface area contributed by atoms with Crippen molar-refractivity contribution in [1.82, 2.24) is 0 Å². The highest BCUT2D eigenvalue weighted by Crippen LogP contribution is 2.32. The monoisotopic (exact) mass is 307 g/mol. The van der Waals surface area contributed by atoms with Gasteiger partial charge in [-0.05, 0) is 42.5 Å². The van der Waals surface area contributed by atoms with E-state index in [1.807, 2.05) is 12.1 Å². The second kappa shape index (κ2) is 6.45. The first-order valence-electron chi connectivity index (χ1n) is 5.61. The summed E-state index contributed by atoms with van der Waals surface area (Å²) >= 11 is 7.13. The van der Waals surface area contributed by atoms with Gasteiger partial charge in [-0.3, -0.25) is 4.79 Å². The number of benzene rings is 2. The molecule has 20 heavy (non-hydrogen) atoms. The van der Waals surface area contributed by atoms with E-state index >= 15 is 0 Å². The third kappa shape index (κ3) is 3.53. The first kappa shape index (κ1) is 14.4. The van der Waals surface area contributed by atoms with Crippen LogP contribution in [0.3, 0.4) is 0 Å². The normalized spacial score (nSPS) is 10.1. The maximum Gasteiger partial charge on any atom is 0.336 e. The van der Waals surface area contributed by atoms with E-state index in [0.29, 0.717) is 22.0 Å². The van der Waals surface area contributed by atoms with Gasteiger partial charge in [-0.1, -0.05) is 23.4 Å². The number of anilines is 1. The lowest BCUT2D eigenvalue weighted by Crippen LogP contribution is -2.01. The lowest BCUT2D eigenvalue weighted by molar-refractivity contribution is -0.105. The zero-order chi connectivity index (χ0) is 14.5. The number of carbonyl (C=O) groups is 2. The number of hydrogen-bond donors (Lipinski definition) is 2. The molecule has 2 N–H and O–H groups in total. The Labute approximate surface area is 124 Å². The number of aromatic carboxylic acids is 1. The quantitative estimate of drug-likeness (QED) is 0.825. The van der Waals surface area contributed by atoms with E-state index in [4.69, 9.17) is 11.6 Å². The molecule has 0 radical (unpaired) electrons. The summed E-state index contributed by atoms with van der Waals surface area (Å²) in [6.07, 6.45) is 0.507. The van der Waals surface area contributed by atoms with Crippen LogP contribution in [0.25, 0.3) is 0 Å². The third-order valence-corrected chi connectivity index (χ3v) is 3.81. The van der Waals surface area contributed by atoms with E-state index in [1.54, 1.807) is 24.3 Å². The molecule has 0 unspecified atom stereocenters. The van der Waals surface area contributed by atoms with Gasteiger partial charge in [-0.2, -0.15) is 0 Å². The summed E-state index contributed by atoms with van der Waals surface area (Å²) in [6, 6.07) is 11.9. The Balaban J connectivity index is 2.32. The Bertz CT molecular complexity index is 643. The van der Waals surface area contributed by atoms with Crippen molar-refractivity contribution in [3.8, 4) is 0 Å². The molecule has 0 saturated carbocycles. The second-order valence-electron chi connectivity index (χ2n) is 3.83. The zero-order valence-electron chi connectivity index (χ0n) is 10.2.